The van der Waals surface area contributed by atoms with Gasteiger partial charge in [0.05, 0.1) is 33.7 Å². The summed E-state index contributed by atoms with van der Waals surface area (Å²) in [5.41, 5.74) is 4.66. The zero-order valence-corrected chi connectivity index (χ0v) is 17.6. The molecular formula is C21H22Cl2N4O. The molecule has 0 aliphatic carbocycles. The predicted molar refractivity (Wildman–Crippen MR) is 114 cm³/mol. The van der Waals surface area contributed by atoms with Crippen molar-refractivity contribution in [1.82, 2.24) is 14.7 Å². The molecular weight excluding hydrogens is 395 g/mol. The molecule has 28 heavy (non-hydrogen) atoms. The van der Waals surface area contributed by atoms with Crippen molar-refractivity contribution in [3.8, 4) is 5.69 Å². The quantitative estimate of drug-likeness (QED) is 0.623. The van der Waals surface area contributed by atoms with E-state index in [1.54, 1.807) is 18.2 Å². The van der Waals surface area contributed by atoms with Crippen LogP contribution in [0.3, 0.4) is 0 Å². The number of nitrogens with one attached hydrogen (secondary N) is 1. The molecule has 0 fully saturated rings. The number of rotatable bonds is 6. The Bertz CT molecular complexity index is 986. The van der Waals surface area contributed by atoms with Gasteiger partial charge in [0.1, 0.15) is 0 Å². The van der Waals surface area contributed by atoms with Crippen LogP contribution in [-0.4, -0.2) is 34.2 Å². The van der Waals surface area contributed by atoms with Gasteiger partial charge in [-0.1, -0.05) is 47.5 Å². The third-order valence-corrected chi connectivity index (χ3v) is 5.33. The summed E-state index contributed by atoms with van der Waals surface area (Å²) < 4.78 is 1.93. The van der Waals surface area contributed by atoms with E-state index in [0.29, 0.717) is 22.3 Å². The number of nitrogens with zero attached hydrogens (tertiary/aromatic N) is 3. The van der Waals surface area contributed by atoms with E-state index in [-0.39, 0.29) is 12.5 Å². The summed E-state index contributed by atoms with van der Waals surface area (Å²) in [5, 5.41) is 8.22. The minimum Gasteiger partial charge on any atom is -0.324 e. The molecule has 0 saturated carbocycles. The van der Waals surface area contributed by atoms with Gasteiger partial charge in [-0.3, -0.25) is 9.69 Å². The van der Waals surface area contributed by atoms with Gasteiger partial charge in [-0.2, -0.15) is 5.10 Å². The molecule has 0 spiro atoms. The number of hydrogen-bond donors (Lipinski definition) is 1. The largest absolute Gasteiger partial charge is 0.324 e. The molecule has 0 saturated heterocycles. The van der Waals surface area contributed by atoms with Crippen molar-refractivity contribution in [2.45, 2.75) is 20.4 Å². The highest BCUT2D eigenvalue weighted by Crippen LogP contribution is 2.29. The second kappa shape index (κ2) is 8.78. The van der Waals surface area contributed by atoms with Gasteiger partial charge in [0, 0.05) is 17.8 Å². The van der Waals surface area contributed by atoms with E-state index < -0.39 is 0 Å². The highest BCUT2D eigenvalue weighted by Gasteiger charge is 2.16. The Morgan fingerprint density at radius 3 is 2.54 bits per heavy atom. The number of anilines is 1. The Kier molecular flexibility index (Phi) is 6.39. The van der Waals surface area contributed by atoms with E-state index in [9.17, 15) is 4.79 Å². The molecule has 1 amide bonds. The van der Waals surface area contributed by atoms with Gasteiger partial charge in [0.2, 0.25) is 5.91 Å². The summed E-state index contributed by atoms with van der Waals surface area (Å²) in [6, 6.07) is 15.2. The molecule has 1 aromatic heterocycles. The molecule has 3 aromatic rings. The van der Waals surface area contributed by atoms with Gasteiger partial charge < -0.3 is 5.32 Å². The van der Waals surface area contributed by atoms with Gasteiger partial charge >= 0.3 is 0 Å². The standard InChI is InChI=1S/C21H22Cl2N4O/c1-14-17(15(2)27(25-14)16-8-5-4-6-9-16)12-26(3)13-20(28)24-19-11-7-10-18(22)21(19)23/h4-11H,12-13H2,1-3H3,(H,24,28). The summed E-state index contributed by atoms with van der Waals surface area (Å²) in [4.78, 5) is 14.3. The zero-order valence-electron chi connectivity index (χ0n) is 16.0. The number of benzene rings is 2. The molecule has 0 aliphatic heterocycles. The normalized spacial score (nSPS) is 11.1. The van der Waals surface area contributed by atoms with Crippen LogP contribution in [0.4, 0.5) is 5.69 Å². The number of aryl methyl sites for hydroxylation is 1. The molecule has 0 aliphatic rings. The Labute approximate surface area is 174 Å². The third-order valence-electron chi connectivity index (χ3n) is 4.51. The van der Waals surface area contributed by atoms with Crippen molar-refractivity contribution < 1.29 is 4.79 Å². The van der Waals surface area contributed by atoms with Crippen molar-refractivity contribution in [2.24, 2.45) is 0 Å². The molecule has 5 nitrogen and oxygen atoms in total. The molecule has 0 radical (unpaired) electrons. The van der Waals surface area contributed by atoms with Crippen LogP contribution in [0.25, 0.3) is 5.69 Å². The maximum absolute atomic E-state index is 12.4. The number of likely N-dealkylation sites (N-methyl/N-ethyl adjacent to an activating group) is 1. The van der Waals surface area contributed by atoms with Crippen LogP contribution in [0.15, 0.2) is 48.5 Å². The number of para-hydroxylation sites is 1. The zero-order chi connectivity index (χ0) is 20.3. The second-order valence-electron chi connectivity index (χ2n) is 6.72. The van der Waals surface area contributed by atoms with Gasteiger partial charge in [-0.15, -0.1) is 0 Å². The summed E-state index contributed by atoms with van der Waals surface area (Å²) in [5.74, 6) is -0.155. The molecule has 146 valence electrons. The maximum Gasteiger partial charge on any atom is 0.238 e. The Morgan fingerprint density at radius 1 is 1.11 bits per heavy atom. The lowest BCUT2D eigenvalue weighted by atomic mass is 10.2. The highest BCUT2D eigenvalue weighted by molar-refractivity contribution is 6.44. The fourth-order valence-electron chi connectivity index (χ4n) is 3.09. The lowest BCUT2D eigenvalue weighted by molar-refractivity contribution is -0.117. The average Bonchev–Trinajstić information content (AvgIpc) is 2.94. The number of aromatic nitrogens is 2. The van der Waals surface area contributed by atoms with Gasteiger partial charge in [0.15, 0.2) is 0 Å². The molecule has 1 N–H and O–H groups in total. The summed E-state index contributed by atoms with van der Waals surface area (Å²) in [6.45, 7) is 4.86. The maximum atomic E-state index is 12.4. The summed E-state index contributed by atoms with van der Waals surface area (Å²) in [6.07, 6.45) is 0. The van der Waals surface area contributed by atoms with Crippen LogP contribution in [0, 0.1) is 13.8 Å². The molecule has 0 unspecified atom stereocenters. The van der Waals surface area contributed by atoms with E-state index in [0.717, 1.165) is 22.6 Å². The Balaban J connectivity index is 1.68. The van der Waals surface area contributed by atoms with Crippen molar-refractivity contribution in [3.63, 3.8) is 0 Å². The van der Waals surface area contributed by atoms with E-state index in [1.807, 2.05) is 60.8 Å². The Hall–Kier alpha value is -2.34. The molecule has 0 atom stereocenters. The van der Waals surface area contributed by atoms with Crippen molar-refractivity contribution >= 4 is 34.8 Å². The van der Waals surface area contributed by atoms with E-state index in [4.69, 9.17) is 23.2 Å². The summed E-state index contributed by atoms with van der Waals surface area (Å²) >= 11 is 12.1. The van der Waals surface area contributed by atoms with Crippen LogP contribution in [0.5, 0.6) is 0 Å². The Morgan fingerprint density at radius 2 is 1.82 bits per heavy atom. The van der Waals surface area contributed by atoms with Crippen LogP contribution in [-0.2, 0) is 11.3 Å². The molecule has 7 heteroatoms. The van der Waals surface area contributed by atoms with Crippen molar-refractivity contribution in [2.75, 3.05) is 18.9 Å². The molecule has 2 aromatic carbocycles. The van der Waals surface area contributed by atoms with Gasteiger partial charge in [-0.05, 0) is 45.2 Å². The lowest BCUT2D eigenvalue weighted by Gasteiger charge is -2.17. The predicted octanol–water partition coefficient (Wildman–Crippen LogP) is 4.87. The van der Waals surface area contributed by atoms with Crippen LogP contribution in [0.2, 0.25) is 10.0 Å². The topological polar surface area (TPSA) is 50.2 Å². The van der Waals surface area contributed by atoms with E-state index >= 15 is 0 Å². The average molecular weight is 417 g/mol. The lowest BCUT2D eigenvalue weighted by Crippen LogP contribution is -2.30. The number of carbonyl (C=O) groups is 1. The number of halogens is 2. The molecule has 0 bridgehead atoms. The smallest absolute Gasteiger partial charge is 0.238 e. The SMILES string of the molecule is Cc1nn(-c2ccccc2)c(C)c1CN(C)CC(=O)Nc1cccc(Cl)c1Cl. The minimum atomic E-state index is -0.155. The fraction of sp³-hybridized carbons (Fsp3) is 0.238. The number of amides is 1. The van der Waals surface area contributed by atoms with Crippen LogP contribution in [0.1, 0.15) is 17.0 Å². The van der Waals surface area contributed by atoms with Crippen molar-refractivity contribution in [1.29, 1.82) is 0 Å². The van der Waals surface area contributed by atoms with Gasteiger partial charge in [0.25, 0.3) is 0 Å². The third kappa shape index (κ3) is 4.55. The second-order valence-corrected chi connectivity index (χ2v) is 7.50. The van der Waals surface area contributed by atoms with E-state index in [1.165, 1.54) is 0 Å². The first kappa shape index (κ1) is 20.4. The fourth-order valence-corrected chi connectivity index (χ4v) is 3.43. The monoisotopic (exact) mass is 416 g/mol. The highest BCUT2D eigenvalue weighted by atomic mass is 35.5. The first-order valence-electron chi connectivity index (χ1n) is 8.89. The summed E-state index contributed by atoms with van der Waals surface area (Å²) in [7, 11) is 1.90. The van der Waals surface area contributed by atoms with Crippen molar-refractivity contribution in [3.05, 3.63) is 75.5 Å². The van der Waals surface area contributed by atoms with Gasteiger partial charge in [-0.25, -0.2) is 4.68 Å². The van der Waals surface area contributed by atoms with Crippen LogP contribution < -0.4 is 5.32 Å². The molecule has 1 heterocycles. The van der Waals surface area contributed by atoms with Crippen LogP contribution >= 0.6 is 23.2 Å². The first-order chi connectivity index (χ1) is 13.4. The first-order valence-corrected chi connectivity index (χ1v) is 9.65. The molecule has 3 rings (SSSR count). The number of hydrogen-bond acceptors (Lipinski definition) is 3. The minimum absolute atomic E-state index is 0.155. The number of carbonyl (C=O) groups excluding carboxylic acids is 1. The van der Waals surface area contributed by atoms with E-state index in [2.05, 4.69) is 10.4 Å².